The van der Waals surface area contributed by atoms with Crippen LogP contribution in [0.4, 0.5) is 5.69 Å². The molecule has 0 spiro atoms. The predicted octanol–water partition coefficient (Wildman–Crippen LogP) is 3.41. The fraction of sp³-hybridized carbons (Fsp3) is 0.235. The zero-order chi connectivity index (χ0) is 16.2. The van der Waals surface area contributed by atoms with Crippen molar-refractivity contribution in [3.05, 3.63) is 46.4 Å². The normalized spacial score (nSPS) is 12.6. The number of rotatable bonds is 4. The summed E-state index contributed by atoms with van der Waals surface area (Å²) in [4.78, 5) is 12.3. The minimum Gasteiger partial charge on any atom is -0.496 e. The van der Waals surface area contributed by atoms with E-state index in [1.807, 2.05) is 24.3 Å². The molecule has 0 unspecified atom stereocenters. The first-order valence-corrected chi connectivity index (χ1v) is 7.97. The molecule has 0 atom stereocenters. The van der Waals surface area contributed by atoms with E-state index in [1.54, 1.807) is 19.2 Å². The summed E-state index contributed by atoms with van der Waals surface area (Å²) >= 11 is 3.44. The van der Waals surface area contributed by atoms with Gasteiger partial charge in [0.15, 0.2) is 11.5 Å². The number of benzene rings is 2. The number of para-hydroxylation sites is 1. The third-order valence-corrected chi connectivity index (χ3v) is 4.11. The Morgan fingerprint density at radius 3 is 2.65 bits per heavy atom. The first-order valence-electron chi connectivity index (χ1n) is 7.18. The standard InChI is InChI=1S/C17H16BrNO4/c1-21-14-5-3-2-4-11(14)8-17(20)19-13-10-16-15(9-12(13)18)22-6-7-23-16/h2-5,9-10H,6-8H2,1H3,(H,19,20). The van der Waals surface area contributed by atoms with E-state index in [4.69, 9.17) is 14.2 Å². The molecular formula is C17H16BrNO4. The van der Waals surface area contributed by atoms with Gasteiger partial charge in [0.2, 0.25) is 5.91 Å². The summed E-state index contributed by atoms with van der Waals surface area (Å²) in [6, 6.07) is 11.0. The Balaban J connectivity index is 1.75. The first-order chi connectivity index (χ1) is 11.2. The van der Waals surface area contributed by atoms with Crippen LogP contribution in [0.2, 0.25) is 0 Å². The van der Waals surface area contributed by atoms with Gasteiger partial charge in [-0.05, 0) is 22.0 Å². The van der Waals surface area contributed by atoms with Gasteiger partial charge in [-0.25, -0.2) is 0 Å². The first kappa shape index (κ1) is 15.7. The Labute approximate surface area is 142 Å². The fourth-order valence-corrected chi connectivity index (χ4v) is 2.80. The van der Waals surface area contributed by atoms with Crippen molar-refractivity contribution in [3.63, 3.8) is 0 Å². The third-order valence-electron chi connectivity index (χ3n) is 3.45. The molecule has 1 aliphatic rings. The lowest BCUT2D eigenvalue weighted by molar-refractivity contribution is -0.115. The molecule has 2 aromatic rings. The predicted molar refractivity (Wildman–Crippen MR) is 90.5 cm³/mol. The molecule has 6 heteroatoms. The molecule has 120 valence electrons. The van der Waals surface area contributed by atoms with Crippen LogP contribution in [0.1, 0.15) is 5.56 Å². The van der Waals surface area contributed by atoms with Gasteiger partial charge in [-0.3, -0.25) is 4.79 Å². The highest BCUT2D eigenvalue weighted by Gasteiger charge is 2.16. The average Bonchev–Trinajstić information content (AvgIpc) is 2.56. The van der Waals surface area contributed by atoms with Crippen molar-refractivity contribution in [2.45, 2.75) is 6.42 Å². The van der Waals surface area contributed by atoms with Crippen LogP contribution in [0.5, 0.6) is 17.2 Å². The van der Waals surface area contributed by atoms with Crippen LogP contribution >= 0.6 is 15.9 Å². The number of anilines is 1. The number of nitrogens with one attached hydrogen (secondary N) is 1. The van der Waals surface area contributed by atoms with Crippen molar-refractivity contribution in [2.24, 2.45) is 0 Å². The van der Waals surface area contributed by atoms with E-state index >= 15 is 0 Å². The van der Waals surface area contributed by atoms with Gasteiger partial charge >= 0.3 is 0 Å². The molecule has 1 aliphatic heterocycles. The molecule has 2 aromatic carbocycles. The zero-order valence-corrected chi connectivity index (χ0v) is 14.2. The summed E-state index contributed by atoms with van der Waals surface area (Å²) in [6.07, 6.45) is 0.227. The van der Waals surface area contributed by atoms with E-state index < -0.39 is 0 Å². The molecule has 1 amide bonds. The number of carbonyl (C=O) groups excluding carboxylic acids is 1. The molecule has 0 bridgehead atoms. The largest absolute Gasteiger partial charge is 0.496 e. The third kappa shape index (κ3) is 3.59. The fourth-order valence-electron chi connectivity index (χ4n) is 2.38. The van der Waals surface area contributed by atoms with Gasteiger partial charge in [-0.1, -0.05) is 18.2 Å². The van der Waals surface area contributed by atoms with E-state index in [1.165, 1.54) is 0 Å². The molecule has 0 radical (unpaired) electrons. The minimum absolute atomic E-state index is 0.133. The molecule has 0 aromatic heterocycles. The van der Waals surface area contributed by atoms with Crippen LogP contribution in [0.25, 0.3) is 0 Å². The van der Waals surface area contributed by atoms with E-state index in [-0.39, 0.29) is 12.3 Å². The summed E-state index contributed by atoms with van der Waals surface area (Å²) < 4.78 is 17.1. The van der Waals surface area contributed by atoms with Crippen molar-refractivity contribution in [1.29, 1.82) is 0 Å². The number of amides is 1. The summed E-state index contributed by atoms with van der Waals surface area (Å²) in [5.41, 5.74) is 1.48. The molecule has 0 saturated heterocycles. The van der Waals surface area contributed by atoms with Crippen molar-refractivity contribution >= 4 is 27.5 Å². The van der Waals surface area contributed by atoms with E-state index in [9.17, 15) is 4.79 Å². The molecule has 0 saturated carbocycles. The van der Waals surface area contributed by atoms with Crippen molar-refractivity contribution in [2.75, 3.05) is 25.6 Å². The van der Waals surface area contributed by atoms with E-state index in [0.717, 1.165) is 10.0 Å². The minimum atomic E-state index is -0.133. The number of fused-ring (bicyclic) bond motifs is 1. The quantitative estimate of drug-likeness (QED) is 0.886. The molecular weight excluding hydrogens is 362 g/mol. The van der Waals surface area contributed by atoms with Crippen molar-refractivity contribution in [1.82, 2.24) is 0 Å². The second kappa shape index (κ2) is 6.91. The molecule has 0 aliphatic carbocycles. The van der Waals surface area contributed by atoms with E-state index in [0.29, 0.717) is 36.1 Å². The Hall–Kier alpha value is -2.21. The average molecular weight is 378 g/mol. The van der Waals surface area contributed by atoms with E-state index in [2.05, 4.69) is 21.2 Å². The van der Waals surface area contributed by atoms with Crippen LogP contribution in [-0.4, -0.2) is 26.2 Å². The zero-order valence-electron chi connectivity index (χ0n) is 12.6. The molecule has 1 N–H and O–H groups in total. The molecule has 0 fully saturated rings. The van der Waals surface area contributed by atoms with Gasteiger partial charge in [0, 0.05) is 22.2 Å². The second-order valence-corrected chi connectivity index (χ2v) is 5.87. The topological polar surface area (TPSA) is 56.8 Å². The molecule has 5 nitrogen and oxygen atoms in total. The van der Waals surface area contributed by atoms with Gasteiger partial charge in [0.05, 0.1) is 19.2 Å². The van der Waals surface area contributed by atoms with Gasteiger partial charge in [0.25, 0.3) is 0 Å². The maximum Gasteiger partial charge on any atom is 0.228 e. The Morgan fingerprint density at radius 2 is 1.91 bits per heavy atom. The Morgan fingerprint density at radius 1 is 1.22 bits per heavy atom. The second-order valence-electron chi connectivity index (χ2n) is 5.01. The van der Waals surface area contributed by atoms with Crippen molar-refractivity contribution in [3.8, 4) is 17.2 Å². The number of hydrogen-bond acceptors (Lipinski definition) is 4. The summed E-state index contributed by atoms with van der Waals surface area (Å²) in [7, 11) is 1.59. The maximum absolute atomic E-state index is 12.3. The summed E-state index contributed by atoms with van der Waals surface area (Å²) in [5, 5.41) is 2.88. The number of carbonyl (C=O) groups is 1. The lowest BCUT2D eigenvalue weighted by Gasteiger charge is -2.20. The molecule has 3 rings (SSSR count). The van der Waals surface area contributed by atoms with Crippen LogP contribution in [-0.2, 0) is 11.2 Å². The number of halogens is 1. The monoisotopic (exact) mass is 377 g/mol. The summed E-state index contributed by atoms with van der Waals surface area (Å²) in [6.45, 7) is 1.03. The smallest absolute Gasteiger partial charge is 0.228 e. The van der Waals surface area contributed by atoms with Crippen LogP contribution in [0, 0.1) is 0 Å². The highest BCUT2D eigenvalue weighted by Crippen LogP contribution is 2.38. The highest BCUT2D eigenvalue weighted by molar-refractivity contribution is 9.10. The van der Waals surface area contributed by atoms with Crippen LogP contribution < -0.4 is 19.5 Å². The number of methoxy groups -OCH3 is 1. The number of ether oxygens (including phenoxy) is 3. The van der Waals surface area contributed by atoms with Crippen LogP contribution in [0.15, 0.2) is 40.9 Å². The summed E-state index contributed by atoms with van der Waals surface area (Å²) in [5.74, 6) is 1.87. The van der Waals surface area contributed by atoms with Gasteiger partial charge in [0.1, 0.15) is 19.0 Å². The molecule has 1 heterocycles. The van der Waals surface area contributed by atoms with Gasteiger partial charge < -0.3 is 19.5 Å². The highest BCUT2D eigenvalue weighted by atomic mass is 79.9. The lowest BCUT2D eigenvalue weighted by atomic mass is 10.1. The molecule has 23 heavy (non-hydrogen) atoms. The van der Waals surface area contributed by atoms with Crippen LogP contribution in [0.3, 0.4) is 0 Å². The van der Waals surface area contributed by atoms with Gasteiger partial charge in [-0.15, -0.1) is 0 Å². The Kier molecular flexibility index (Phi) is 4.71. The SMILES string of the molecule is COc1ccccc1CC(=O)Nc1cc2c(cc1Br)OCCO2. The van der Waals surface area contributed by atoms with Crippen molar-refractivity contribution < 1.29 is 19.0 Å². The van der Waals surface area contributed by atoms with Gasteiger partial charge in [-0.2, -0.15) is 0 Å². The maximum atomic E-state index is 12.3. The lowest BCUT2D eigenvalue weighted by Crippen LogP contribution is -2.18. The Bertz CT molecular complexity index is 733. The number of hydrogen-bond donors (Lipinski definition) is 1.